The van der Waals surface area contributed by atoms with Gasteiger partial charge in [-0.2, -0.15) is 0 Å². The minimum atomic E-state index is 0.129. The molecule has 0 bridgehead atoms. The van der Waals surface area contributed by atoms with Crippen LogP contribution < -0.4 is 0 Å². The smallest absolute Gasteiger partial charge is 0.0949 e. The van der Waals surface area contributed by atoms with Crippen LogP contribution in [-0.2, 0) is 6.61 Å². The van der Waals surface area contributed by atoms with Crippen molar-refractivity contribution in [2.45, 2.75) is 6.61 Å². The van der Waals surface area contributed by atoms with Crippen molar-refractivity contribution in [3.63, 3.8) is 0 Å². The molecule has 0 atom stereocenters. The molecule has 2 heterocycles. The van der Waals surface area contributed by atoms with E-state index in [2.05, 4.69) is 0 Å². The van der Waals surface area contributed by atoms with Crippen molar-refractivity contribution in [2.24, 2.45) is 0 Å². The second-order valence-corrected chi connectivity index (χ2v) is 5.24. The lowest BCUT2D eigenvalue weighted by molar-refractivity contribution is 0.285. The molecule has 0 spiro atoms. The highest BCUT2D eigenvalue weighted by Crippen LogP contribution is 2.35. The number of hydrogen-bond acceptors (Lipinski definition) is 3. The summed E-state index contributed by atoms with van der Waals surface area (Å²) in [4.78, 5) is 1.00. The third-order valence-electron chi connectivity index (χ3n) is 1.39. The molecule has 0 aliphatic heterocycles. The Hall–Kier alpha value is -0.0900. The van der Waals surface area contributed by atoms with E-state index < -0.39 is 0 Å². The van der Waals surface area contributed by atoms with Gasteiger partial charge in [-0.1, -0.05) is 11.6 Å². The summed E-state index contributed by atoms with van der Waals surface area (Å²) in [5.74, 6) is 0. The van der Waals surface area contributed by atoms with E-state index in [-0.39, 0.29) is 6.61 Å². The van der Waals surface area contributed by atoms with Crippen LogP contribution in [0.3, 0.4) is 0 Å². The van der Waals surface area contributed by atoms with Crippen LogP contribution >= 0.6 is 34.3 Å². The third kappa shape index (κ3) is 1.29. The van der Waals surface area contributed by atoms with E-state index in [1.165, 1.54) is 4.01 Å². The fraction of sp³-hybridized carbons (Fsp3) is 0.143. The van der Waals surface area contributed by atoms with Crippen LogP contribution in [0.5, 0.6) is 0 Å². The molecule has 0 aromatic carbocycles. The highest BCUT2D eigenvalue weighted by Gasteiger charge is 2.03. The van der Waals surface area contributed by atoms with Crippen LogP contribution in [0.1, 0.15) is 4.88 Å². The summed E-state index contributed by atoms with van der Waals surface area (Å²) in [6.45, 7) is 0.129. The van der Waals surface area contributed by atoms with E-state index in [0.29, 0.717) is 0 Å². The van der Waals surface area contributed by atoms with Gasteiger partial charge in [0.2, 0.25) is 0 Å². The monoisotopic (exact) mass is 204 g/mol. The molecule has 0 saturated heterocycles. The molecule has 0 aliphatic rings. The number of rotatable bonds is 1. The average molecular weight is 205 g/mol. The van der Waals surface area contributed by atoms with Crippen molar-refractivity contribution in [2.75, 3.05) is 0 Å². The molecule has 2 rings (SSSR count). The predicted octanol–water partition coefficient (Wildman–Crippen LogP) is 3.11. The van der Waals surface area contributed by atoms with Gasteiger partial charge in [-0.25, -0.2) is 0 Å². The van der Waals surface area contributed by atoms with Gasteiger partial charge in [0.15, 0.2) is 0 Å². The first-order valence-electron chi connectivity index (χ1n) is 3.08. The summed E-state index contributed by atoms with van der Waals surface area (Å²) in [6.07, 6.45) is 0. The van der Waals surface area contributed by atoms with Crippen LogP contribution in [0.2, 0.25) is 4.34 Å². The van der Waals surface area contributed by atoms with Crippen molar-refractivity contribution in [3.05, 3.63) is 21.3 Å². The Morgan fingerprint density at radius 2 is 2.18 bits per heavy atom. The number of aliphatic hydroxyl groups excluding tert-OH is 1. The standard InChI is InChI=1S/C7H5ClOS2/c8-6-2-4-1-5(3-9)10-7(4)11-6/h1-2,9H,3H2. The van der Waals surface area contributed by atoms with Gasteiger partial charge in [-0.15, -0.1) is 22.7 Å². The minimum Gasteiger partial charge on any atom is -0.391 e. The zero-order chi connectivity index (χ0) is 7.84. The fourth-order valence-corrected chi connectivity index (χ4v) is 3.50. The minimum absolute atomic E-state index is 0.129. The molecule has 2 aromatic rings. The SMILES string of the molecule is OCc1cc2cc(Cl)sc2s1. The Morgan fingerprint density at radius 1 is 1.36 bits per heavy atom. The van der Waals surface area contributed by atoms with Gasteiger partial charge in [0.1, 0.15) is 0 Å². The first-order chi connectivity index (χ1) is 5.29. The highest BCUT2D eigenvalue weighted by atomic mass is 35.5. The number of fused-ring (bicyclic) bond motifs is 1. The zero-order valence-corrected chi connectivity index (χ0v) is 7.89. The molecule has 2 aromatic heterocycles. The first-order valence-corrected chi connectivity index (χ1v) is 5.09. The summed E-state index contributed by atoms with van der Waals surface area (Å²) in [5, 5.41) is 9.96. The van der Waals surface area contributed by atoms with Crippen LogP contribution in [0, 0.1) is 0 Å². The van der Waals surface area contributed by atoms with E-state index >= 15 is 0 Å². The molecule has 0 saturated carbocycles. The van der Waals surface area contributed by atoms with Gasteiger partial charge < -0.3 is 5.11 Å². The number of hydrogen-bond donors (Lipinski definition) is 1. The number of aliphatic hydroxyl groups is 1. The predicted molar refractivity (Wildman–Crippen MR) is 50.6 cm³/mol. The maximum Gasteiger partial charge on any atom is 0.0949 e. The lowest BCUT2D eigenvalue weighted by atomic mass is 10.4. The van der Waals surface area contributed by atoms with Crippen molar-refractivity contribution in [1.29, 1.82) is 0 Å². The van der Waals surface area contributed by atoms with Crippen LogP contribution in [0.15, 0.2) is 12.1 Å². The molecular formula is C7H5ClOS2. The largest absolute Gasteiger partial charge is 0.391 e. The van der Waals surface area contributed by atoms with E-state index in [1.807, 2.05) is 12.1 Å². The average Bonchev–Trinajstić information content (AvgIpc) is 2.43. The Kier molecular flexibility index (Phi) is 1.89. The van der Waals surface area contributed by atoms with E-state index in [4.69, 9.17) is 16.7 Å². The van der Waals surface area contributed by atoms with Gasteiger partial charge in [0.05, 0.1) is 15.0 Å². The molecule has 1 N–H and O–H groups in total. The summed E-state index contributed by atoms with van der Waals surface area (Å²) in [5.41, 5.74) is 0. The summed E-state index contributed by atoms with van der Waals surface area (Å²) in [7, 11) is 0. The third-order valence-corrected chi connectivity index (χ3v) is 3.90. The van der Waals surface area contributed by atoms with E-state index in [1.54, 1.807) is 22.7 Å². The molecule has 0 unspecified atom stereocenters. The van der Waals surface area contributed by atoms with Gasteiger partial charge in [-0.3, -0.25) is 0 Å². The normalized spacial score (nSPS) is 11.1. The Balaban J connectivity index is 2.64. The lowest BCUT2D eigenvalue weighted by Crippen LogP contribution is -1.70. The molecule has 0 radical (unpaired) electrons. The Bertz CT molecular complexity index is 345. The van der Waals surface area contributed by atoms with Crippen molar-refractivity contribution >= 4 is 43.7 Å². The summed E-state index contributed by atoms with van der Waals surface area (Å²) in [6, 6.07) is 3.90. The van der Waals surface area contributed by atoms with Crippen molar-refractivity contribution in [3.8, 4) is 0 Å². The zero-order valence-electron chi connectivity index (χ0n) is 5.50. The van der Waals surface area contributed by atoms with Gasteiger partial charge in [-0.05, 0) is 12.1 Å². The molecule has 0 aliphatic carbocycles. The van der Waals surface area contributed by atoms with E-state index in [0.717, 1.165) is 14.6 Å². The molecular weight excluding hydrogens is 200 g/mol. The number of halogens is 1. The van der Waals surface area contributed by atoms with Gasteiger partial charge >= 0.3 is 0 Å². The van der Waals surface area contributed by atoms with E-state index in [9.17, 15) is 0 Å². The maximum atomic E-state index is 8.81. The summed E-state index contributed by atoms with van der Waals surface area (Å²) < 4.78 is 2.01. The summed E-state index contributed by atoms with van der Waals surface area (Å²) >= 11 is 8.95. The Morgan fingerprint density at radius 3 is 2.82 bits per heavy atom. The van der Waals surface area contributed by atoms with Crippen molar-refractivity contribution < 1.29 is 5.11 Å². The van der Waals surface area contributed by atoms with Crippen molar-refractivity contribution in [1.82, 2.24) is 0 Å². The molecule has 0 amide bonds. The lowest BCUT2D eigenvalue weighted by Gasteiger charge is -1.81. The molecule has 58 valence electrons. The van der Waals surface area contributed by atoms with Crippen LogP contribution in [-0.4, -0.2) is 5.11 Å². The van der Waals surface area contributed by atoms with Crippen LogP contribution in [0.25, 0.3) is 9.40 Å². The fourth-order valence-electron chi connectivity index (χ4n) is 0.938. The maximum absolute atomic E-state index is 8.81. The van der Waals surface area contributed by atoms with Gasteiger partial charge in [0, 0.05) is 10.3 Å². The highest BCUT2D eigenvalue weighted by molar-refractivity contribution is 7.39. The molecule has 0 fully saturated rings. The van der Waals surface area contributed by atoms with Crippen LogP contribution in [0.4, 0.5) is 0 Å². The Labute approximate surface area is 76.9 Å². The topological polar surface area (TPSA) is 20.2 Å². The van der Waals surface area contributed by atoms with Gasteiger partial charge in [0.25, 0.3) is 0 Å². The number of thiophene rings is 2. The second kappa shape index (κ2) is 2.75. The molecule has 1 nitrogen and oxygen atoms in total. The molecule has 4 heteroatoms. The second-order valence-electron chi connectivity index (χ2n) is 2.16. The first kappa shape index (κ1) is 7.55. The quantitative estimate of drug-likeness (QED) is 0.757. The molecule has 11 heavy (non-hydrogen) atoms.